The number of piperazine rings is 1. The Hall–Kier alpha value is -1.67. The molecular formula is C21H36N6OS. The van der Waals surface area contributed by atoms with Gasteiger partial charge < -0.3 is 15.5 Å². The number of amides is 1. The Morgan fingerprint density at radius 2 is 2.03 bits per heavy atom. The van der Waals surface area contributed by atoms with Crippen LogP contribution in [0.15, 0.2) is 10.4 Å². The van der Waals surface area contributed by atoms with Gasteiger partial charge in [-0.3, -0.25) is 9.69 Å². The van der Waals surface area contributed by atoms with Crippen LogP contribution in [-0.4, -0.2) is 72.5 Å². The third-order valence-electron chi connectivity index (χ3n) is 5.74. The molecule has 1 aromatic heterocycles. The Bertz CT molecular complexity index is 676. The fraction of sp³-hybridized carbons (Fsp3) is 0.762. The summed E-state index contributed by atoms with van der Waals surface area (Å²) in [5, 5.41) is 9.93. The predicted molar refractivity (Wildman–Crippen MR) is 119 cm³/mol. The quantitative estimate of drug-likeness (QED) is 0.499. The summed E-state index contributed by atoms with van der Waals surface area (Å²) in [6.07, 6.45) is 3.41. The van der Waals surface area contributed by atoms with Crippen LogP contribution in [0.5, 0.6) is 0 Å². The first-order valence-corrected chi connectivity index (χ1v) is 11.9. The van der Waals surface area contributed by atoms with Crippen molar-refractivity contribution in [3.8, 4) is 0 Å². The van der Waals surface area contributed by atoms with Gasteiger partial charge in [0, 0.05) is 57.1 Å². The predicted octanol–water partition coefficient (Wildman–Crippen LogP) is 2.27. The highest BCUT2D eigenvalue weighted by atomic mass is 32.1. The van der Waals surface area contributed by atoms with Crippen molar-refractivity contribution in [2.75, 3.05) is 45.8 Å². The highest BCUT2D eigenvalue weighted by Crippen LogP contribution is 2.28. The molecule has 2 aliphatic rings. The Balaban J connectivity index is 1.38. The minimum absolute atomic E-state index is 0.316. The van der Waals surface area contributed by atoms with Crippen LogP contribution in [0.3, 0.4) is 0 Å². The number of rotatable bonds is 8. The maximum atomic E-state index is 12.4. The third kappa shape index (κ3) is 6.40. The number of thiazole rings is 1. The molecule has 2 heterocycles. The van der Waals surface area contributed by atoms with E-state index in [-0.39, 0.29) is 0 Å². The zero-order chi connectivity index (χ0) is 20.6. The molecule has 0 radical (unpaired) electrons. The van der Waals surface area contributed by atoms with Crippen molar-refractivity contribution in [3.63, 3.8) is 0 Å². The van der Waals surface area contributed by atoms with Gasteiger partial charge in [0.1, 0.15) is 5.01 Å². The number of nitrogens with zero attached hydrogens (tertiary/aromatic N) is 4. The first-order chi connectivity index (χ1) is 14.1. The van der Waals surface area contributed by atoms with Crippen molar-refractivity contribution in [3.05, 3.63) is 16.1 Å². The molecule has 1 amide bonds. The molecule has 7 nitrogen and oxygen atoms in total. The van der Waals surface area contributed by atoms with Crippen LogP contribution in [0.2, 0.25) is 0 Å². The van der Waals surface area contributed by atoms with Gasteiger partial charge in [-0.15, -0.1) is 11.3 Å². The fourth-order valence-corrected chi connectivity index (χ4v) is 4.47. The molecule has 1 saturated carbocycles. The largest absolute Gasteiger partial charge is 0.357 e. The smallest absolute Gasteiger partial charge is 0.225 e. The van der Waals surface area contributed by atoms with Crippen LogP contribution < -0.4 is 10.6 Å². The van der Waals surface area contributed by atoms with Gasteiger partial charge in [0.2, 0.25) is 5.91 Å². The van der Waals surface area contributed by atoms with Crippen LogP contribution in [0, 0.1) is 5.92 Å². The van der Waals surface area contributed by atoms with Crippen LogP contribution in [-0.2, 0) is 11.3 Å². The van der Waals surface area contributed by atoms with Gasteiger partial charge >= 0.3 is 0 Å². The standard InChI is InChI=1S/C21H36N6OS/c1-4-22-21(24-14-19-25-18(15-29-19)16(2)3)23-8-9-26-10-12-27(13-11-26)20(28)17-6-5-7-17/h15-17H,4-14H2,1-3H3,(H2,22,23,24). The molecule has 29 heavy (non-hydrogen) atoms. The van der Waals surface area contributed by atoms with Crippen LogP contribution in [0.25, 0.3) is 0 Å². The van der Waals surface area contributed by atoms with E-state index in [9.17, 15) is 4.79 Å². The molecule has 0 spiro atoms. The molecule has 0 atom stereocenters. The summed E-state index contributed by atoms with van der Waals surface area (Å²) in [6.45, 7) is 13.3. The first kappa shape index (κ1) is 22.0. The van der Waals surface area contributed by atoms with Gasteiger partial charge in [0.15, 0.2) is 5.96 Å². The lowest BCUT2D eigenvalue weighted by molar-refractivity contribution is -0.139. The summed E-state index contributed by atoms with van der Waals surface area (Å²) in [4.78, 5) is 26.2. The second-order valence-corrected chi connectivity index (χ2v) is 9.18. The van der Waals surface area contributed by atoms with E-state index in [1.807, 2.05) is 0 Å². The molecule has 1 aromatic rings. The number of guanidine groups is 1. The summed E-state index contributed by atoms with van der Waals surface area (Å²) in [7, 11) is 0. The zero-order valence-electron chi connectivity index (χ0n) is 18.1. The molecule has 0 aromatic carbocycles. The number of hydrogen-bond donors (Lipinski definition) is 2. The lowest BCUT2D eigenvalue weighted by Gasteiger charge is -2.38. The summed E-state index contributed by atoms with van der Waals surface area (Å²) in [5.74, 6) is 2.00. The average Bonchev–Trinajstić information content (AvgIpc) is 3.14. The van der Waals surface area contributed by atoms with Crippen molar-refractivity contribution >= 4 is 23.2 Å². The maximum absolute atomic E-state index is 12.4. The number of hydrogen-bond acceptors (Lipinski definition) is 5. The SMILES string of the molecule is CCNC(=NCc1nc(C(C)C)cs1)NCCN1CCN(C(=O)C2CCC2)CC1. The van der Waals surface area contributed by atoms with E-state index in [4.69, 9.17) is 0 Å². The Morgan fingerprint density at radius 3 is 2.62 bits per heavy atom. The van der Waals surface area contributed by atoms with Gasteiger partial charge in [-0.1, -0.05) is 20.3 Å². The van der Waals surface area contributed by atoms with E-state index >= 15 is 0 Å². The normalized spacial score (nSPS) is 18.8. The van der Waals surface area contributed by atoms with Gasteiger partial charge in [0.05, 0.1) is 12.2 Å². The van der Waals surface area contributed by atoms with Crippen LogP contribution in [0.1, 0.15) is 56.7 Å². The number of aliphatic imine (C=N–C) groups is 1. The van der Waals surface area contributed by atoms with E-state index in [0.717, 1.165) is 75.3 Å². The van der Waals surface area contributed by atoms with Gasteiger partial charge in [-0.05, 0) is 25.7 Å². The molecule has 1 saturated heterocycles. The van der Waals surface area contributed by atoms with Gasteiger partial charge in [-0.2, -0.15) is 0 Å². The molecule has 2 fully saturated rings. The second kappa shape index (κ2) is 10.9. The lowest BCUT2D eigenvalue weighted by Crippen LogP contribution is -2.52. The van der Waals surface area contributed by atoms with Crippen LogP contribution >= 0.6 is 11.3 Å². The Morgan fingerprint density at radius 1 is 1.28 bits per heavy atom. The van der Waals surface area contributed by atoms with E-state index in [1.54, 1.807) is 11.3 Å². The monoisotopic (exact) mass is 420 g/mol. The molecule has 2 N–H and O–H groups in total. The average molecular weight is 421 g/mol. The first-order valence-electron chi connectivity index (χ1n) is 11.0. The van der Waals surface area contributed by atoms with Crippen molar-refractivity contribution in [2.45, 2.75) is 52.5 Å². The Labute approximate surface area is 179 Å². The highest BCUT2D eigenvalue weighted by Gasteiger charge is 2.30. The minimum Gasteiger partial charge on any atom is -0.357 e. The summed E-state index contributed by atoms with van der Waals surface area (Å²) >= 11 is 1.68. The summed E-state index contributed by atoms with van der Waals surface area (Å²) in [6, 6.07) is 0. The number of aromatic nitrogens is 1. The highest BCUT2D eigenvalue weighted by molar-refractivity contribution is 7.09. The minimum atomic E-state index is 0.316. The summed E-state index contributed by atoms with van der Waals surface area (Å²) < 4.78 is 0. The van der Waals surface area contributed by atoms with E-state index in [2.05, 4.69) is 56.6 Å². The zero-order valence-corrected chi connectivity index (χ0v) is 18.9. The molecule has 8 heteroatoms. The number of carbonyl (C=O) groups excluding carboxylic acids is 1. The molecule has 0 bridgehead atoms. The molecule has 3 rings (SSSR count). The van der Waals surface area contributed by atoms with E-state index < -0.39 is 0 Å². The molecular weight excluding hydrogens is 384 g/mol. The van der Waals surface area contributed by atoms with Gasteiger partial charge in [-0.25, -0.2) is 9.98 Å². The van der Waals surface area contributed by atoms with Crippen LogP contribution in [0.4, 0.5) is 0 Å². The fourth-order valence-electron chi connectivity index (χ4n) is 3.59. The Kier molecular flexibility index (Phi) is 8.29. The van der Waals surface area contributed by atoms with Crippen molar-refractivity contribution in [1.29, 1.82) is 0 Å². The number of nitrogens with one attached hydrogen (secondary N) is 2. The maximum Gasteiger partial charge on any atom is 0.225 e. The van der Waals surface area contributed by atoms with Crippen molar-refractivity contribution in [2.24, 2.45) is 10.9 Å². The number of carbonyl (C=O) groups is 1. The van der Waals surface area contributed by atoms with E-state index in [1.165, 1.54) is 6.42 Å². The van der Waals surface area contributed by atoms with Crippen molar-refractivity contribution < 1.29 is 4.79 Å². The lowest BCUT2D eigenvalue weighted by atomic mass is 9.84. The second-order valence-electron chi connectivity index (χ2n) is 8.24. The van der Waals surface area contributed by atoms with Gasteiger partial charge in [0.25, 0.3) is 0 Å². The molecule has 162 valence electrons. The topological polar surface area (TPSA) is 72.9 Å². The summed E-state index contributed by atoms with van der Waals surface area (Å²) in [5.41, 5.74) is 1.15. The molecule has 1 aliphatic carbocycles. The molecule has 1 aliphatic heterocycles. The van der Waals surface area contributed by atoms with Crippen molar-refractivity contribution in [1.82, 2.24) is 25.4 Å². The third-order valence-corrected chi connectivity index (χ3v) is 6.59. The van der Waals surface area contributed by atoms with E-state index in [0.29, 0.717) is 24.3 Å². The molecule has 0 unspecified atom stereocenters.